The van der Waals surface area contributed by atoms with Gasteiger partial charge in [-0.25, -0.2) is 0 Å². The van der Waals surface area contributed by atoms with Gasteiger partial charge < -0.3 is 4.74 Å². The summed E-state index contributed by atoms with van der Waals surface area (Å²) in [6.45, 7) is 1.72. The van der Waals surface area contributed by atoms with Gasteiger partial charge in [0.15, 0.2) is 6.10 Å². The van der Waals surface area contributed by atoms with Crippen molar-refractivity contribution in [2.45, 2.75) is 13.0 Å². The van der Waals surface area contributed by atoms with Crippen LogP contribution in [0.15, 0.2) is 72.8 Å². The Hall–Kier alpha value is -3.25. The molecule has 1 aromatic heterocycles. The SMILES string of the molecule is C[C@H](Oc1cccc2ccccc12)C(=O)Nc1nnc(-c2ccccc2)s1. The van der Waals surface area contributed by atoms with E-state index in [0.29, 0.717) is 10.9 Å². The van der Waals surface area contributed by atoms with E-state index in [2.05, 4.69) is 15.5 Å². The van der Waals surface area contributed by atoms with Gasteiger partial charge in [0.05, 0.1) is 0 Å². The molecule has 27 heavy (non-hydrogen) atoms. The average Bonchev–Trinajstić information content (AvgIpc) is 3.17. The highest BCUT2D eigenvalue weighted by atomic mass is 32.1. The Morgan fingerprint density at radius 3 is 2.56 bits per heavy atom. The highest BCUT2D eigenvalue weighted by molar-refractivity contribution is 7.18. The van der Waals surface area contributed by atoms with Crippen molar-refractivity contribution in [3.05, 3.63) is 72.8 Å². The second-order valence-corrected chi connectivity index (χ2v) is 6.98. The van der Waals surface area contributed by atoms with E-state index in [0.717, 1.165) is 21.3 Å². The van der Waals surface area contributed by atoms with Gasteiger partial charge in [0.1, 0.15) is 10.8 Å². The van der Waals surface area contributed by atoms with Crippen LogP contribution in [0.2, 0.25) is 0 Å². The minimum Gasteiger partial charge on any atom is -0.480 e. The van der Waals surface area contributed by atoms with Crippen LogP contribution < -0.4 is 10.1 Å². The normalized spacial score (nSPS) is 11.9. The van der Waals surface area contributed by atoms with Crippen LogP contribution in [0, 0.1) is 0 Å². The maximum atomic E-state index is 12.5. The topological polar surface area (TPSA) is 64.1 Å². The molecule has 0 saturated carbocycles. The monoisotopic (exact) mass is 375 g/mol. The first-order chi connectivity index (χ1) is 13.2. The van der Waals surface area contributed by atoms with E-state index in [9.17, 15) is 4.79 Å². The van der Waals surface area contributed by atoms with Crippen LogP contribution in [0.1, 0.15) is 6.92 Å². The maximum absolute atomic E-state index is 12.5. The number of rotatable bonds is 5. The summed E-state index contributed by atoms with van der Waals surface area (Å²) in [5.41, 5.74) is 0.968. The molecule has 0 aliphatic heterocycles. The Bertz CT molecular complexity index is 1070. The molecule has 1 heterocycles. The second kappa shape index (κ2) is 7.55. The lowest BCUT2D eigenvalue weighted by Crippen LogP contribution is -2.30. The molecule has 4 rings (SSSR count). The van der Waals surface area contributed by atoms with Crippen molar-refractivity contribution in [2.24, 2.45) is 0 Å². The Balaban J connectivity index is 1.46. The average molecular weight is 375 g/mol. The van der Waals surface area contributed by atoms with E-state index in [4.69, 9.17) is 4.74 Å². The largest absolute Gasteiger partial charge is 0.480 e. The number of aromatic nitrogens is 2. The van der Waals surface area contributed by atoms with Gasteiger partial charge in [0.25, 0.3) is 5.91 Å². The summed E-state index contributed by atoms with van der Waals surface area (Å²) in [5.74, 6) is 0.414. The quantitative estimate of drug-likeness (QED) is 0.546. The number of nitrogens with zero attached hydrogens (tertiary/aromatic N) is 2. The number of hydrogen-bond acceptors (Lipinski definition) is 5. The lowest BCUT2D eigenvalue weighted by atomic mass is 10.1. The van der Waals surface area contributed by atoms with Crippen LogP contribution in [0.3, 0.4) is 0 Å². The van der Waals surface area contributed by atoms with Gasteiger partial charge in [-0.05, 0) is 18.4 Å². The van der Waals surface area contributed by atoms with Crippen molar-refractivity contribution >= 4 is 33.1 Å². The summed E-state index contributed by atoms with van der Waals surface area (Å²) in [6.07, 6.45) is -0.667. The van der Waals surface area contributed by atoms with Crippen molar-refractivity contribution in [3.8, 4) is 16.3 Å². The van der Waals surface area contributed by atoms with E-state index in [-0.39, 0.29) is 5.91 Å². The predicted molar refractivity (Wildman–Crippen MR) is 108 cm³/mol. The number of amides is 1. The molecule has 5 nitrogen and oxygen atoms in total. The zero-order chi connectivity index (χ0) is 18.6. The molecule has 0 unspecified atom stereocenters. The third-order valence-electron chi connectivity index (χ3n) is 4.10. The van der Waals surface area contributed by atoms with Gasteiger partial charge in [-0.1, -0.05) is 78.1 Å². The standard InChI is InChI=1S/C21H17N3O2S/c1-14(26-18-13-7-11-15-8-5-6-12-17(15)18)19(25)22-21-24-23-20(27-21)16-9-3-2-4-10-16/h2-14H,1H3,(H,22,24,25)/t14-/m0/s1. The molecule has 134 valence electrons. The molecule has 0 fully saturated rings. The van der Waals surface area contributed by atoms with Crippen molar-refractivity contribution in [2.75, 3.05) is 5.32 Å². The molecule has 1 atom stereocenters. The number of anilines is 1. The summed E-state index contributed by atoms with van der Waals surface area (Å²) in [7, 11) is 0. The smallest absolute Gasteiger partial charge is 0.266 e. The van der Waals surface area contributed by atoms with Crippen LogP contribution in [0.5, 0.6) is 5.75 Å². The van der Waals surface area contributed by atoms with E-state index >= 15 is 0 Å². The molecule has 1 N–H and O–H groups in total. The van der Waals surface area contributed by atoms with Crippen LogP contribution in [-0.4, -0.2) is 22.2 Å². The summed E-state index contributed by atoms with van der Waals surface area (Å²) in [6, 6.07) is 23.4. The van der Waals surface area contributed by atoms with Gasteiger partial charge in [-0.2, -0.15) is 0 Å². The summed E-state index contributed by atoms with van der Waals surface area (Å²) in [5, 5.41) is 14.2. The first-order valence-electron chi connectivity index (χ1n) is 8.55. The zero-order valence-electron chi connectivity index (χ0n) is 14.6. The number of carbonyl (C=O) groups excluding carboxylic acids is 1. The van der Waals surface area contributed by atoms with E-state index in [1.165, 1.54) is 11.3 Å². The molecule has 3 aromatic carbocycles. The number of nitrogens with one attached hydrogen (secondary N) is 1. The van der Waals surface area contributed by atoms with Crippen LogP contribution in [-0.2, 0) is 4.79 Å². The third-order valence-corrected chi connectivity index (χ3v) is 4.99. The van der Waals surface area contributed by atoms with Gasteiger partial charge in [-0.15, -0.1) is 10.2 Å². The predicted octanol–water partition coefficient (Wildman–Crippen LogP) is 4.76. The molecular formula is C21H17N3O2S. The van der Waals surface area contributed by atoms with E-state index in [1.807, 2.05) is 72.8 Å². The molecule has 1 amide bonds. The van der Waals surface area contributed by atoms with Crippen LogP contribution in [0.25, 0.3) is 21.3 Å². The van der Waals surface area contributed by atoms with E-state index < -0.39 is 6.10 Å². The Morgan fingerprint density at radius 2 is 1.70 bits per heavy atom. The van der Waals surface area contributed by atoms with Gasteiger partial charge in [-0.3, -0.25) is 10.1 Å². The maximum Gasteiger partial charge on any atom is 0.266 e. The summed E-state index contributed by atoms with van der Waals surface area (Å²) in [4.78, 5) is 12.5. The van der Waals surface area contributed by atoms with Gasteiger partial charge in [0, 0.05) is 10.9 Å². The molecule has 0 spiro atoms. The fraction of sp³-hybridized carbons (Fsp3) is 0.0952. The molecule has 0 bridgehead atoms. The Morgan fingerprint density at radius 1 is 0.963 bits per heavy atom. The molecular weight excluding hydrogens is 358 g/mol. The summed E-state index contributed by atoms with van der Waals surface area (Å²) < 4.78 is 5.90. The minimum atomic E-state index is -0.667. The van der Waals surface area contributed by atoms with E-state index in [1.54, 1.807) is 6.92 Å². The third kappa shape index (κ3) is 3.80. The molecule has 0 saturated heterocycles. The first-order valence-corrected chi connectivity index (χ1v) is 9.36. The van der Waals surface area contributed by atoms with Crippen molar-refractivity contribution in [1.82, 2.24) is 10.2 Å². The Kier molecular flexibility index (Phi) is 4.80. The number of ether oxygens (including phenoxy) is 1. The molecule has 6 heteroatoms. The van der Waals surface area contributed by atoms with Crippen LogP contribution >= 0.6 is 11.3 Å². The van der Waals surface area contributed by atoms with Crippen molar-refractivity contribution in [1.29, 1.82) is 0 Å². The Labute approximate surface area is 160 Å². The van der Waals surface area contributed by atoms with Gasteiger partial charge >= 0.3 is 0 Å². The van der Waals surface area contributed by atoms with Crippen molar-refractivity contribution < 1.29 is 9.53 Å². The lowest BCUT2D eigenvalue weighted by molar-refractivity contribution is -0.122. The lowest BCUT2D eigenvalue weighted by Gasteiger charge is -2.15. The fourth-order valence-corrected chi connectivity index (χ4v) is 3.47. The highest BCUT2D eigenvalue weighted by Gasteiger charge is 2.18. The number of hydrogen-bond donors (Lipinski definition) is 1. The molecule has 0 radical (unpaired) electrons. The second-order valence-electron chi connectivity index (χ2n) is 6.01. The molecule has 4 aromatic rings. The zero-order valence-corrected chi connectivity index (χ0v) is 15.4. The van der Waals surface area contributed by atoms with Crippen molar-refractivity contribution in [3.63, 3.8) is 0 Å². The number of fused-ring (bicyclic) bond motifs is 1. The van der Waals surface area contributed by atoms with Gasteiger partial charge in [0.2, 0.25) is 5.13 Å². The molecule has 0 aliphatic carbocycles. The molecule has 0 aliphatic rings. The number of benzene rings is 3. The minimum absolute atomic E-state index is 0.265. The summed E-state index contributed by atoms with van der Waals surface area (Å²) >= 11 is 1.33. The fourth-order valence-electron chi connectivity index (χ4n) is 2.72. The number of carbonyl (C=O) groups is 1. The highest BCUT2D eigenvalue weighted by Crippen LogP contribution is 2.28. The first kappa shape index (κ1) is 17.2. The van der Waals surface area contributed by atoms with Crippen LogP contribution in [0.4, 0.5) is 5.13 Å².